The van der Waals surface area contributed by atoms with E-state index in [0.717, 1.165) is 0 Å². The maximum Gasteiger partial charge on any atom is 0.335 e. The summed E-state index contributed by atoms with van der Waals surface area (Å²) in [4.78, 5) is 10.7. The number of sulfonamides is 1. The van der Waals surface area contributed by atoms with E-state index in [-0.39, 0.29) is 11.3 Å². The van der Waals surface area contributed by atoms with Crippen LogP contribution in [0.4, 0.5) is 5.69 Å². The summed E-state index contributed by atoms with van der Waals surface area (Å²) in [7, 11) is -3.81. The second kappa shape index (κ2) is 4.84. The lowest BCUT2D eigenvalue weighted by molar-refractivity contribution is 0.0697. The van der Waals surface area contributed by atoms with Crippen molar-refractivity contribution in [3.8, 4) is 6.07 Å². The molecule has 0 saturated heterocycles. The summed E-state index contributed by atoms with van der Waals surface area (Å²) in [6.45, 7) is 1.24. The van der Waals surface area contributed by atoms with Gasteiger partial charge in [-0.15, -0.1) is 0 Å². The summed E-state index contributed by atoms with van der Waals surface area (Å²) >= 11 is 0. The SMILES string of the molecule is CC(C#N)S(=O)(=O)Nc1cccc(C(=O)O)c1. The molecule has 0 aliphatic carbocycles. The smallest absolute Gasteiger partial charge is 0.335 e. The van der Waals surface area contributed by atoms with Gasteiger partial charge < -0.3 is 5.11 Å². The summed E-state index contributed by atoms with van der Waals surface area (Å²) in [6.07, 6.45) is 0. The van der Waals surface area contributed by atoms with E-state index in [9.17, 15) is 13.2 Å². The first-order valence-corrected chi connectivity index (χ1v) is 6.16. The van der Waals surface area contributed by atoms with Crippen molar-refractivity contribution in [2.75, 3.05) is 4.72 Å². The predicted molar refractivity (Wildman–Crippen MR) is 61.0 cm³/mol. The van der Waals surface area contributed by atoms with Crippen LogP contribution in [0.25, 0.3) is 0 Å². The highest BCUT2D eigenvalue weighted by atomic mass is 32.2. The van der Waals surface area contributed by atoms with Gasteiger partial charge in [-0.3, -0.25) is 4.72 Å². The van der Waals surface area contributed by atoms with E-state index in [2.05, 4.69) is 4.72 Å². The highest BCUT2D eigenvalue weighted by molar-refractivity contribution is 7.93. The minimum absolute atomic E-state index is 0.0326. The quantitative estimate of drug-likeness (QED) is 0.834. The third kappa shape index (κ3) is 3.19. The number of hydrogen-bond acceptors (Lipinski definition) is 4. The molecule has 7 heteroatoms. The van der Waals surface area contributed by atoms with Crippen LogP contribution in [0.5, 0.6) is 0 Å². The zero-order valence-electron chi connectivity index (χ0n) is 8.91. The Labute approximate surface area is 98.6 Å². The van der Waals surface area contributed by atoms with Crippen molar-refractivity contribution < 1.29 is 18.3 Å². The molecule has 1 aromatic rings. The number of nitrogens with zero attached hydrogens (tertiary/aromatic N) is 1. The van der Waals surface area contributed by atoms with Gasteiger partial charge in [0, 0.05) is 5.69 Å². The van der Waals surface area contributed by atoms with Crippen molar-refractivity contribution in [3.63, 3.8) is 0 Å². The lowest BCUT2D eigenvalue weighted by atomic mass is 10.2. The molecule has 0 aromatic heterocycles. The molecule has 0 bridgehead atoms. The summed E-state index contributed by atoms with van der Waals surface area (Å²) < 4.78 is 25.2. The highest BCUT2D eigenvalue weighted by Crippen LogP contribution is 2.14. The maximum atomic E-state index is 11.5. The molecular formula is C10H10N2O4S. The van der Waals surface area contributed by atoms with Gasteiger partial charge in [0.05, 0.1) is 11.6 Å². The van der Waals surface area contributed by atoms with Crippen molar-refractivity contribution in [1.29, 1.82) is 5.26 Å². The van der Waals surface area contributed by atoms with E-state index in [1.807, 2.05) is 0 Å². The highest BCUT2D eigenvalue weighted by Gasteiger charge is 2.20. The van der Waals surface area contributed by atoms with Crippen LogP contribution in [0, 0.1) is 11.3 Å². The molecule has 0 heterocycles. The first kappa shape index (κ1) is 13.0. The first-order valence-electron chi connectivity index (χ1n) is 4.61. The van der Waals surface area contributed by atoms with Crippen molar-refractivity contribution in [1.82, 2.24) is 0 Å². The maximum absolute atomic E-state index is 11.5. The number of carboxylic acids is 1. The van der Waals surface area contributed by atoms with Crippen LogP contribution in [-0.4, -0.2) is 24.7 Å². The number of nitriles is 1. The van der Waals surface area contributed by atoms with Gasteiger partial charge >= 0.3 is 5.97 Å². The monoisotopic (exact) mass is 254 g/mol. The normalized spacial score (nSPS) is 12.5. The number of benzene rings is 1. The number of rotatable bonds is 4. The van der Waals surface area contributed by atoms with Gasteiger partial charge in [0.25, 0.3) is 0 Å². The lowest BCUT2D eigenvalue weighted by Crippen LogP contribution is -2.23. The molecular weight excluding hydrogens is 244 g/mol. The van der Waals surface area contributed by atoms with E-state index in [4.69, 9.17) is 10.4 Å². The van der Waals surface area contributed by atoms with Gasteiger partial charge in [-0.05, 0) is 25.1 Å². The molecule has 1 rings (SSSR count). The van der Waals surface area contributed by atoms with Gasteiger partial charge in [0.15, 0.2) is 5.25 Å². The summed E-state index contributed by atoms with van der Waals surface area (Å²) in [5.41, 5.74) is 0.0850. The Morgan fingerprint density at radius 2 is 2.18 bits per heavy atom. The van der Waals surface area contributed by atoms with Crippen LogP contribution in [-0.2, 0) is 10.0 Å². The lowest BCUT2D eigenvalue weighted by Gasteiger charge is -2.09. The molecule has 0 radical (unpaired) electrons. The average Bonchev–Trinajstić information content (AvgIpc) is 2.27. The average molecular weight is 254 g/mol. The van der Waals surface area contributed by atoms with Gasteiger partial charge in [-0.1, -0.05) is 6.07 Å². The van der Waals surface area contributed by atoms with Crippen molar-refractivity contribution in [2.24, 2.45) is 0 Å². The summed E-state index contributed by atoms with van der Waals surface area (Å²) in [5.74, 6) is -1.15. The fourth-order valence-corrected chi connectivity index (χ4v) is 1.81. The molecule has 90 valence electrons. The molecule has 1 aromatic carbocycles. The molecule has 0 aliphatic heterocycles. The largest absolute Gasteiger partial charge is 0.478 e. The third-order valence-electron chi connectivity index (χ3n) is 2.02. The molecule has 1 unspecified atom stereocenters. The number of carbonyl (C=O) groups is 1. The number of carboxylic acid groups (broad SMARTS) is 1. The Hall–Kier alpha value is -2.07. The molecule has 0 fully saturated rings. The molecule has 0 saturated carbocycles. The molecule has 1 atom stereocenters. The van der Waals surface area contributed by atoms with Crippen LogP contribution >= 0.6 is 0 Å². The van der Waals surface area contributed by atoms with E-state index in [1.165, 1.54) is 31.2 Å². The number of aromatic carboxylic acids is 1. The third-order valence-corrected chi connectivity index (χ3v) is 3.57. The summed E-state index contributed by atoms with van der Waals surface area (Å²) in [6, 6.07) is 6.95. The van der Waals surface area contributed by atoms with Crippen molar-refractivity contribution >= 4 is 21.7 Å². The van der Waals surface area contributed by atoms with Gasteiger partial charge in [-0.2, -0.15) is 5.26 Å². The fourth-order valence-electron chi connectivity index (χ4n) is 1.04. The van der Waals surface area contributed by atoms with Crippen LogP contribution < -0.4 is 4.72 Å². The zero-order chi connectivity index (χ0) is 13.1. The second-order valence-electron chi connectivity index (χ2n) is 3.30. The van der Waals surface area contributed by atoms with Crippen LogP contribution in [0.15, 0.2) is 24.3 Å². The van der Waals surface area contributed by atoms with Crippen molar-refractivity contribution in [3.05, 3.63) is 29.8 Å². The molecule has 0 aliphatic rings. The van der Waals surface area contributed by atoms with Gasteiger partial charge in [-0.25, -0.2) is 13.2 Å². The Bertz CT molecular complexity index is 574. The van der Waals surface area contributed by atoms with Gasteiger partial charge in [0.1, 0.15) is 0 Å². The Kier molecular flexibility index (Phi) is 3.70. The Morgan fingerprint density at radius 1 is 1.53 bits per heavy atom. The Balaban J connectivity index is 3.01. The minimum atomic E-state index is -3.81. The summed E-state index contributed by atoms with van der Waals surface area (Å²) in [5, 5.41) is 16.0. The Morgan fingerprint density at radius 3 is 2.71 bits per heavy atom. The second-order valence-corrected chi connectivity index (χ2v) is 5.31. The molecule has 6 nitrogen and oxygen atoms in total. The van der Waals surface area contributed by atoms with Crippen LogP contribution in [0.1, 0.15) is 17.3 Å². The standard InChI is InChI=1S/C10H10N2O4S/c1-7(6-11)17(15,16)12-9-4-2-3-8(5-9)10(13)14/h2-5,7,12H,1H3,(H,13,14). The number of anilines is 1. The number of nitrogens with one attached hydrogen (secondary N) is 1. The van der Waals surface area contributed by atoms with E-state index >= 15 is 0 Å². The van der Waals surface area contributed by atoms with Crippen LogP contribution in [0.3, 0.4) is 0 Å². The van der Waals surface area contributed by atoms with E-state index in [0.29, 0.717) is 0 Å². The number of hydrogen-bond donors (Lipinski definition) is 2. The van der Waals surface area contributed by atoms with E-state index in [1.54, 1.807) is 6.07 Å². The molecule has 0 spiro atoms. The topological polar surface area (TPSA) is 107 Å². The zero-order valence-corrected chi connectivity index (χ0v) is 9.73. The van der Waals surface area contributed by atoms with Crippen molar-refractivity contribution in [2.45, 2.75) is 12.2 Å². The van der Waals surface area contributed by atoms with E-state index < -0.39 is 21.2 Å². The molecule has 2 N–H and O–H groups in total. The fraction of sp³-hybridized carbons (Fsp3) is 0.200. The molecule has 0 amide bonds. The predicted octanol–water partition coefficient (Wildman–Crippen LogP) is 1.04. The molecule has 17 heavy (non-hydrogen) atoms. The van der Waals surface area contributed by atoms with Gasteiger partial charge in [0.2, 0.25) is 10.0 Å². The minimum Gasteiger partial charge on any atom is -0.478 e. The van der Waals surface area contributed by atoms with Crippen LogP contribution in [0.2, 0.25) is 0 Å². The first-order chi connectivity index (χ1) is 7.86.